The smallest absolute Gasteiger partial charge is 0.220 e. The molecule has 1 heterocycles. The third kappa shape index (κ3) is 3.03. The van der Waals surface area contributed by atoms with Gasteiger partial charge in [-0.15, -0.1) is 0 Å². The molecule has 1 aromatic heterocycles. The number of aromatic nitrogens is 2. The van der Waals surface area contributed by atoms with Crippen molar-refractivity contribution in [2.45, 2.75) is 70.8 Å². The average molecular weight is 346 g/mol. The predicted molar refractivity (Wildman–Crippen MR) is 96.3 cm³/mol. The lowest BCUT2D eigenvalue weighted by atomic mass is 9.53. The minimum absolute atomic E-state index is 0.116. The zero-order valence-corrected chi connectivity index (χ0v) is 15.5. The van der Waals surface area contributed by atoms with E-state index in [9.17, 15) is 4.79 Å². The van der Waals surface area contributed by atoms with Gasteiger partial charge >= 0.3 is 0 Å². The van der Waals surface area contributed by atoms with Crippen LogP contribution in [0.2, 0.25) is 0 Å². The van der Waals surface area contributed by atoms with Crippen LogP contribution < -0.4 is 5.32 Å². The highest BCUT2D eigenvalue weighted by atomic mass is 32.1. The lowest BCUT2D eigenvalue weighted by Gasteiger charge is -2.56. The van der Waals surface area contributed by atoms with Gasteiger partial charge < -0.3 is 10.3 Å². The number of rotatable bonds is 4. The number of amides is 1. The number of hydrogen-bond donors (Lipinski definition) is 2. The number of aromatic amines is 1. The fourth-order valence-corrected chi connectivity index (χ4v) is 6.27. The number of H-pyrrole nitrogens is 1. The first-order chi connectivity index (χ1) is 11.4. The van der Waals surface area contributed by atoms with Gasteiger partial charge in [0.2, 0.25) is 5.91 Å². The van der Waals surface area contributed by atoms with E-state index in [4.69, 9.17) is 12.2 Å². The summed E-state index contributed by atoms with van der Waals surface area (Å²) in [5, 5.41) is 3.45. The van der Waals surface area contributed by atoms with Crippen LogP contribution in [0.3, 0.4) is 0 Å². The minimum Gasteiger partial charge on any atom is -0.351 e. The Kier molecular flexibility index (Phi) is 4.02. The summed E-state index contributed by atoms with van der Waals surface area (Å²) in [5.41, 5.74) is 3.23. The lowest BCUT2D eigenvalue weighted by molar-refractivity contribution is -0.126. The fourth-order valence-electron chi connectivity index (χ4n) is 5.98. The summed E-state index contributed by atoms with van der Waals surface area (Å²) in [6.45, 7) is 3.99. The molecule has 4 fully saturated rings. The summed E-state index contributed by atoms with van der Waals surface area (Å²) >= 11 is 5.11. The van der Waals surface area contributed by atoms with E-state index in [-0.39, 0.29) is 11.4 Å². The van der Waals surface area contributed by atoms with Gasteiger partial charge in [-0.1, -0.05) is 0 Å². The largest absolute Gasteiger partial charge is 0.351 e. The van der Waals surface area contributed by atoms with Crippen molar-refractivity contribution < 1.29 is 4.79 Å². The maximum atomic E-state index is 12.6. The van der Waals surface area contributed by atoms with E-state index < -0.39 is 0 Å². The molecule has 4 saturated carbocycles. The van der Waals surface area contributed by atoms with Crippen molar-refractivity contribution in [2.24, 2.45) is 17.8 Å². The van der Waals surface area contributed by atoms with Crippen molar-refractivity contribution in [1.29, 1.82) is 0 Å². The SMILES string of the molecule is Cc1nc(=S)[nH]c(C)c1CCC(=O)NC12CC3CC(CC(C3)C1)C2. The Morgan fingerprint density at radius 2 is 1.79 bits per heavy atom. The third-order valence-electron chi connectivity index (χ3n) is 6.50. The van der Waals surface area contributed by atoms with Gasteiger partial charge in [-0.2, -0.15) is 0 Å². The molecule has 0 unspecified atom stereocenters. The average Bonchev–Trinajstić information content (AvgIpc) is 2.43. The van der Waals surface area contributed by atoms with Crippen molar-refractivity contribution in [3.63, 3.8) is 0 Å². The van der Waals surface area contributed by atoms with Crippen molar-refractivity contribution in [3.05, 3.63) is 21.7 Å². The molecule has 1 aromatic rings. The van der Waals surface area contributed by atoms with Gasteiger partial charge in [-0.05, 0) is 94.3 Å². The van der Waals surface area contributed by atoms with E-state index in [1.165, 1.54) is 38.5 Å². The topological polar surface area (TPSA) is 57.8 Å². The number of nitrogens with one attached hydrogen (secondary N) is 2. The second kappa shape index (κ2) is 5.94. The highest BCUT2D eigenvalue weighted by Gasteiger charge is 2.51. The van der Waals surface area contributed by atoms with Crippen LogP contribution >= 0.6 is 12.2 Å². The Hall–Kier alpha value is -1.23. The maximum Gasteiger partial charge on any atom is 0.220 e. The fraction of sp³-hybridized carbons (Fsp3) is 0.737. The van der Waals surface area contributed by atoms with Gasteiger partial charge in [0.15, 0.2) is 4.77 Å². The molecule has 4 aliphatic carbocycles. The van der Waals surface area contributed by atoms with Crippen LogP contribution in [0.5, 0.6) is 0 Å². The maximum absolute atomic E-state index is 12.6. The Morgan fingerprint density at radius 3 is 2.33 bits per heavy atom. The van der Waals surface area contributed by atoms with E-state index in [1.807, 2.05) is 13.8 Å². The van der Waals surface area contributed by atoms with Crippen LogP contribution in [0.1, 0.15) is 61.9 Å². The quantitative estimate of drug-likeness (QED) is 0.817. The number of carbonyl (C=O) groups is 1. The summed E-state index contributed by atoms with van der Waals surface area (Å²) in [6, 6.07) is 0. The molecule has 0 aliphatic heterocycles. The number of aryl methyl sites for hydroxylation is 2. The normalized spacial score (nSPS) is 33.7. The molecule has 5 heteroatoms. The summed E-state index contributed by atoms with van der Waals surface area (Å²) < 4.78 is 0.520. The van der Waals surface area contributed by atoms with Crippen molar-refractivity contribution in [1.82, 2.24) is 15.3 Å². The molecule has 0 radical (unpaired) electrons. The van der Waals surface area contributed by atoms with E-state index >= 15 is 0 Å². The van der Waals surface area contributed by atoms with Gasteiger partial charge in [0.05, 0.1) is 0 Å². The zero-order chi connectivity index (χ0) is 16.9. The number of nitrogens with zero attached hydrogens (tertiary/aromatic N) is 1. The van der Waals surface area contributed by atoms with E-state index in [1.54, 1.807) is 0 Å². The molecule has 0 saturated heterocycles. The molecule has 4 aliphatic rings. The molecule has 130 valence electrons. The van der Waals surface area contributed by atoms with Gasteiger partial charge in [0.25, 0.3) is 0 Å². The molecule has 5 rings (SSSR count). The van der Waals surface area contributed by atoms with Crippen LogP contribution in [0.25, 0.3) is 0 Å². The Labute approximate surface area is 148 Å². The summed E-state index contributed by atoms with van der Waals surface area (Å²) in [4.78, 5) is 20.1. The third-order valence-corrected chi connectivity index (χ3v) is 6.69. The van der Waals surface area contributed by atoms with Crippen LogP contribution in [0.4, 0.5) is 0 Å². The van der Waals surface area contributed by atoms with Crippen molar-refractivity contribution in [2.75, 3.05) is 0 Å². The van der Waals surface area contributed by atoms with Crippen LogP contribution in [0, 0.1) is 36.4 Å². The summed E-state index contributed by atoms with van der Waals surface area (Å²) in [6.07, 6.45) is 9.12. The Morgan fingerprint density at radius 1 is 1.21 bits per heavy atom. The van der Waals surface area contributed by atoms with Crippen LogP contribution in [0.15, 0.2) is 0 Å². The number of carbonyl (C=O) groups excluding carboxylic acids is 1. The molecule has 24 heavy (non-hydrogen) atoms. The highest BCUT2D eigenvalue weighted by Crippen LogP contribution is 2.55. The first-order valence-corrected chi connectivity index (χ1v) is 9.71. The van der Waals surface area contributed by atoms with Crippen LogP contribution in [-0.4, -0.2) is 21.4 Å². The second-order valence-electron chi connectivity index (χ2n) is 8.48. The molecule has 0 spiro atoms. The molecule has 0 atom stereocenters. The van der Waals surface area contributed by atoms with E-state index in [0.29, 0.717) is 11.2 Å². The van der Waals surface area contributed by atoms with Crippen molar-refractivity contribution in [3.8, 4) is 0 Å². The molecule has 4 nitrogen and oxygen atoms in total. The zero-order valence-electron chi connectivity index (χ0n) is 14.7. The van der Waals surface area contributed by atoms with Gasteiger partial charge in [-0.3, -0.25) is 4.79 Å². The molecule has 2 N–H and O–H groups in total. The van der Waals surface area contributed by atoms with Gasteiger partial charge in [-0.25, -0.2) is 4.98 Å². The first-order valence-electron chi connectivity index (χ1n) is 9.30. The highest BCUT2D eigenvalue weighted by molar-refractivity contribution is 7.71. The van der Waals surface area contributed by atoms with Crippen molar-refractivity contribution >= 4 is 18.1 Å². The van der Waals surface area contributed by atoms with Crippen LogP contribution in [-0.2, 0) is 11.2 Å². The molecule has 1 amide bonds. The Balaban J connectivity index is 1.40. The predicted octanol–water partition coefficient (Wildman–Crippen LogP) is 3.77. The lowest BCUT2D eigenvalue weighted by Crippen LogP contribution is -2.59. The minimum atomic E-state index is 0.116. The Bertz CT molecular complexity index is 662. The summed E-state index contributed by atoms with van der Waals surface area (Å²) in [7, 11) is 0. The van der Waals surface area contributed by atoms with Gasteiger partial charge in [0, 0.05) is 23.3 Å². The second-order valence-corrected chi connectivity index (χ2v) is 8.86. The molecular weight excluding hydrogens is 318 g/mol. The molecule has 4 bridgehead atoms. The van der Waals surface area contributed by atoms with Gasteiger partial charge in [0.1, 0.15) is 0 Å². The molecule has 0 aromatic carbocycles. The van der Waals surface area contributed by atoms with E-state index in [2.05, 4.69) is 15.3 Å². The monoisotopic (exact) mass is 345 g/mol. The molecular formula is C19H27N3OS. The summed E-state index contributed by atoms with van der Waals surface area (Å²) in [5.74, 6) is 2.79. The number of hydrogen-bond acceptors (Lipinski definition) is 3. The first kappa shape index (κ1) is 16.2. The van der Waals surface area contributed by atoms with E-state index in [0.717, 1.165) is 41.1 Å². The standard InChI is InChI=1S/C19H27N3OS/c1-11-16(12(2)21-18(24)20-11)3-4-17(23)22-19-8-13-5-14(9-19)7-15(6-13)10-19/h13-15H,3-10H2,1-2H3,(H,22,23)(H,20,21,24).